The van der Waals surface area contributed by atoms with E-state index in [1.165, 1.54) is 25.5 Å². The number of hydrogen-bond donors (Lipinski definition) is 2. The van der Waals surface area contributed by atoms with E-state index in [1.54, 1.807) is 7.05 Å². The van der Waals surface area contributed by atoms with Crippen molar-refractivity contribution in [2.24, 2.45) is 4.99 Å². The number of rotatable bonds is 7. The van der Waals surface area contributed by atoms with Crippen LogP contribution in [0.4, 0.5) is 0 Å². The first kappa shape index (κ1) is 21.7. The zero-order chi connectivity index (χ0) is 17.2. The Labute approximate surface area is 167 Å². The van der Waals surface area contributed by atoms with Crippen molar-refractivity contribution >= 4 is 35.9 Å². The Kier molecular flexibility index (Phi) is 10.5. The van der Waals surface area contributed by atoms with Crippen molar-refractivity contribution in [1.29, 1.82) is 0 Å². The van der Waals surface area contributed by atoms with Gasteiger partial charge in [-0.2, -0.15) is 0 Å². The summed E-state index contributed by atoms with van der Waals surface area (Å²) in [5.41, 5.74) is 1.32. The maximum atomic E-state index is 11.2. The monoisotopic (exact) mass is 460 g/mol. The maximum absolute atomic E-state index is 11.2. The molecule has 25 heavy (non-hydrogen) atoms. The fourth-order valence-electron chi connectivity index (χ4n) is 2.99. The number of nitrogens with zero attached hydrogens (tertiary/aromatic N) is 2. The fraction of sp³-hybridized carbons (Fsp3) is 0.556. The number of nitrogens with one attached hydrogen (secondary N) is 2. The minimum atomic E-state index is -0.225. The summed E-state index contributed by atoms with van der Waals surface area (Å²) in [6.45, 7) is 3.55. The van der Waals surface area contributed by atoms with Crippen LogP contribution in [0.5, 0.6) is 0 Å². The van der Waals surface area contributed by atoms with E-state index in [4.69, 9.17) is 0 Å². The normalized spacial score (nSPS) is 16.0. The molecule has 1 aromatic carbocycles. The van der Waals surface area contributed by atoms with Gasteiger partial charge in [0.1, 0.15) is 0 Å². The number of aliphatic imine (C=N–C) groups is 1. The van der Waals surface area contributed by atoms with Gasteiger partial charge in [0.15, 0.2) is 5.96 Å². The zero-order valence-electron chi connectivity index (χ0n) is 15.0. The molecular weight excluding hydrogens is 431 g/mol. The Bertz CT molecular complexity index is 533. The second kappa shape index (κ2) is 12.1. The maximum Gasteiger partial charge on any atom is 0.307 e. The molecule has 0 saturated carbocycles. The highest BCUT2D eigenvalue weighted by atomic mass is 127. The molecule has 7 heteroatoms. The van der Waals surface area contributed by atoms with Gasteiger partial charge in [0.25, 0.3) is 0 Å². The van der Waals surface area contributed by atoms with Crippen LogP contribution in [0.2, 0.25) is 0 Å². The molecule has 1 aromatic rings. The van der Waals surface area contributed by atoms with Crippen molar-refractivity contribution < 1.29 is 9.53 Å². The molecular formula is C18H29IN4O2. The number of halogens is 1. The minimum Gasteiger partial charge on any atom is -0.469 e. The number of carbonyl (C=O) groups excluding carboxylic acids is 1. The van der Waals surface area contributed by atoms with Crippen LogP contribution < -0.4 is 10.6 Å². The lowest BCUT2D eigenvalue weighted by Gasteiger charge is -2.28. The van der Waals surface area contributed by atoms with Crippen LogP contribution in [0.15, 0.2) is 35.3 Å². The van der Waals surface area contributed by atoms with Crippen LogP contribution in [0, 0.1) is 0 Å². The lowest BCUT2D eigenvalue weighted by Crippen LogP contribution is -2.43. The van der Waals surface area contributed by atoms with Crippen molar-refractivity contribution in [2.75, 3.05) is 40.3 Å². The second-order valence-corrected chi connectivity index (χ2v) is 5.88. The Morgan fingerprint density at radius 3 is 2.52 bits per heavy atom. The van der Waals surface area contributed by atoms with Crippen molar-refractivity contribution in [1.82, 2.24) is 15.5 Å². The van der Waals surface area contributed by atoms with Gasteiger partial charge in [0.05, 0.1) is 19.6 Å². The van der Waals surface area contributed by atoms with Crippen molar-refractivity contribution in [3.63, 3.8) is 0 Å². The number of ether oxygens (including phenoxy) is 1. The van der Waals surface area contributed by atoms with Crippen LogP contribution in [0.25, 0.3) is 0 Å². The summed E-state index contributed by atoms with van der Waals surface area (Å²) in [5, 5.41) is 6.53. The SMILES string of the molecule is CN=C(NCCC(=O)OC)NCC(c1ccccc1)N1CCCC1.I. The van der Waals surface area contributed by atoms with Gasteiger partial charge in [0.2, 0.25) is 0 Å². The molecule has 1 heterocycles. The molecule has 1 aliphatic heterocycles. The summed E-state index contributed by atoms with van der Waals surface area (Å²) in [5.74, 6) is 0.483. The van der Waals surface area contributed by atoms with Crippen molar-refractivity contribution in [2.45, 2.75) is 25.3 Å². The molecule has 2 rings (SSSR count). The third-order valence-electron chi connectivity index (χ3n) is 4.30. The largest absolute Gasteiger partial charge is 0.469 e. The molecule has 0 bridgehead atoms. The number of guanidine groups is 1. The molecule has 6 nitrogen and oxygen atoms in total. The average molecular weight is 460 g/mol. The number of methoxy groups -OCH3 is 1. The number of benzene rings is 1. The summed E-state index contributed by atoms with van der Waals surface area (Å²) in [6, 6.07) is 10.9. The number of carbonyl (C=O) groups is 1. The van der Waals surface area contributed by atoms with E-state index in [0.29, 0.717) is 25.0 Å². The molecule has 2 N–H and O–H groups in total. The van der Waals surface area contributed by atoms with Crippen molar-refractivity contribution in [3.05, 3.63) is 35.9 Å². The quantitative estimate of drug-likeness (QED) is 0.283. The van der Waals surface area contributed by atoms with E-state index in [0.717, 1.165) is 19.6 Å². The third-order valence-corrected chi connectivity index (χ3v) is 4.30. The van der Waals surface area contributed by atoms with Gasteiger partial charge in [-0.25, -0.2) is 0 Å². The summed E-state index contributed by atoms with van der Waals surface area (Å²) in [4.78, 5) is 17.9. The third kappa shape index (κ3) is 7.19. The van der Waals surface area contributed by atoms with Gasteiger partial charge in [-0.15, -0.1) is 24.0 Å². The van der Waals surface area contributed by atoms with E-state index in [2.05, 4.69) is 49.5 Å². The Hall–Kier alpha value is -1.35. The molecule has 1 saturated heterocycles. The summed E-state index contributed by atoms with van der Waals surface area (Å²) < 4.78 is 4.64. The minimum absolute atomic E-state index is 0. The Morgan fingerprint density at radius 2 is 1.92 bits per heavy atom. The molecule has 1 unspecified atom stereocenters. The Balaban J connectivity index is 0.00000312. The van der Waals surface area contributed by atoms with E-state index >= 15 is 0 Å². The van der Waals surface area contributed by atoms with Crippen LogP contribution in [-0.4, -0.2) is 57.2 Å². The smallest absolute Gasteiger partial charge is 0.307 e. The summed E-state index contributed by atoms with van der Waals surface area (Å²) in [6.07, 6.45) is 2.84. The van der Waals surface area contributed by atoms with Crippen LogP contribution in [0.1, 0.15) is 30.9 Å². The highest BCUT2D eigenvalue weighted by Crippen LogP contribution is 2.24. The lowest BCUT2D eigenvalue weighted by atomic mass is 10.1. The van der Waals surface area contributed by atoms with Gasteiger partial charge in [0, 0.05) is 20.1 Å². The van der Waals surface area contributed by atoms with Gasteiger partial charge < -0.3 is 15.4 Å². The first-order valence-corrected chi connectivity index (χ1v) is 8.55. The molecule has 1 fully saturated rings. The first-order valence-electron chi connectivity index (χ1n) is 8.55. The van der Waals surface area contributed by atoms with Gasteiger partial charge in [-0.05, 0) is 31.5 Å². The summed E-state index contributed by atoms with van der Waals surface area (Å²) >= 11 is 0. The lowest BCUT2D eigenvalue weighted by molar-refractivity contribution is -0.140. The predicted octanol–water partition coefficient (Wildman–Crippen LogP) is 2.17. The molecule has 0 aromatic heterocycles. The molecule has 1 atom stereocenters. The van der Waals surface area contributed by atoms with E-state index in [9.17, 15) is 4.79 Å². The second-order valence-electron chi connectivity index (χ2n) is 5.88. The standard InChI is InChI=1S/C18H28N4O2.HI/c1-19-18(20-11-10-17(23)24-2)21-14-16(22-12-6-7-13-22)15-8-4-3-5-9-15;/h3-5,8-9,16H,6-7,10-14H2,1-2H3,(H2,19,20,21);1H. The molecule has 0 radical (unpaired) electrons. The fourth-order valence-corrected chi connectivity index (χ4v) is 2.99. The van der Waals surface area contributed by atoms with Crippen molar-refractivity contribution in [3.8, 4) is 0 Å². The molecule has 0 amide bonds. The van der Waals surface area contributed by atoms with Gasteiger partial charge >= 0.3 is 5.97 Å². The topological polar surface area (TPSA) is 66.0 Å². The van der Waals surface area contributed by atoms with E-state index in [-0.39, 0.29) is 29.9 Å². The average Bonchev–Trinajstić information content (AvgIpc) is 3.15. The first-order chi connectivity index (χ1) is 11.7. The van der Waals surface area contributed by atoms with Crippen LogP contribution in [0.3, 0.4) is 0 Å². The molecule has 0 spiro atoms. The number of likely N-dealkylation sites (tertiary alicyclic amines) is 1. The van der Waals surface area contributed by atoms with Gasteiger partial charge in [-0.1, -0.05) is 30.3 Å². The van der Waals surface area contributed by atoms with Crippen LogP contribution >= 0.6 is 24.0 Å². The molecule has 0 aliphatic carbocycles. The Morgan fingerprint density at radius 1 is 1.24 bits per heavy atom. The predicted molar refractivity (Wildman–Crippen MR) is 111 cm³/mol. The number of hydrogen-bond acceptors (Lipinski definition) is 4. The highest BCUT2D eigenvalue weighted by molar-refractivity contribution is 14.0. The molecule has 1 aliphatic rings. The highest BCUT2D eigenvalue weighted by Gasteiger charge is 2.23. The molecule has 140 valence electrons. The van der Waals surface area contributed by atoms with Gasteiger partial charge in [-0.3, -0.25) is 14.7 Å². The zero-order valence-corrected chi connectivity index (χ0v) is 17.4. The summed E-state index contributed by atoms with van der Waals surface area (Å²) in [7, 11) is 3.14. The van der Waals surface area contributed by atoms with E-state index in [1.807, 2.05) is 6.07 Å². The van der Waals surface area contributed by atoms with Crippen LogP contribution in [-0.2, 0) is 9.53 Å². The van der Waals surface area contributed by atoms with E-state index < -0.39 is 0 Å². The number of esters is 1.